The first-order chi connectivity index (χ1) is 15.3. The molecule has 1 aliphatic carbocycles. The van der Waals surface area contributed by atoms with Gasteiger partial charge in [0, 0.05) is 5.92 Å². The molecule has 1 aromatic rings. The number of hydrogen-bond donors (Lipinski definition) is 0. The molecule has 0 aromatic heterocycles. The maximum Gasteiger partial charge on any atom is 0.410 e. The van der Waals surface area contributed by atoms with Crippen LogP contribution >= 0.6 is 0 Å². The third-order valence-electron chi connectivity index (χ3n) is 7.79. The topological polar surface area (TPSA) is 55.8 Å². The van der Waals surface area contributed by atoms with E-state index in [9.17, 15) is 9.59 Å². The zero-order chi connectivity index (χ0) is 22.9. The first kappa shape index (κ1) is 22.6. The third kappa shape index (κ3) is 4.22. The fraction of sp³-hybridized carbons (Fsp3) is 0.556. The minimum Gasteiger partial charge on any atom is -0.462 e. The molecule has 2 bridgehead atoms. The molecular weight excluding hydrogens is 402 g/mol. The number of esters is 1. The first-order valence-electron chi connectivity index (χ1n) is 11.8. The van der Waals surface area contributed by atoms with Crippen molar-refractivity contribution in [1.82, 2.24) is 4.90 Å². The van der Waals surface area contributed by atoms with E-state index in [0.717, 1.165) is 19.3 Å². The summed E-state index contributed by atoms with van der Waals surface area (Å²) in [5.41, 5.74) is 1.18. The van der Waals surface area contributed by atoms with Crippen LogP contribution in [0.15, 0.2) is 54.6 Å². The summed E-state index contributed by atoms with van der Waals surface area (Å²) in [6, 6.07) is 10.0. The van der Waals surface area contributed by atoms with Gasteiger partial charge < -0.3 is 9.47 Å². The fourth-order valence-electron chi connectivity index (χ4n) is 5.90. The number of fused-ring (bicyclic) bond motifs is 2. The number of amides is 1. The number of allylic oxidation sites excluding steroid dienone is 2. The Labute approximate surface area is 191 Å². The Morgan fingerprint density at radius 3 is 2.47 bits per heavy atom. The minimum absolute atomic E-state index is 0.101. The molecule has 0 radical (unpaired) electrons. The van der Waals surface area contributed by atoms with Crippen molar-refractivity contribution in [3.05, 3.63) is 60.2 Å². The van der Waals surface area contributed by atoms with E-state index < -0.39 is 6.09 Å². The number of rotatable bonds is 4. The van der Waals surface area contributed by atoms with E-state index in [2.05, 4.69) is 45.0 Å². The summed E-state index contributed by atoms with van der Waals surface area (Å²) in [4.78, 5) is 27.6. The maximum absolute atomic E-state index is 13.5. The van der Waals surface area contributed by atoms with Gasteiger partial charge in [0.25, 0.3) is 0 Å². The summed E-state index contributed by atoms with van der Waals surface area (Å²) in [7, 11) is 1.38. The Morgan fingerprint density at radius 2 is 1.75 bits per heavy atom. The van der Waals surface area contributed by atoms with Gasteiger partial charge >= 0.3 is 12.1 Å². The number of benzene rings is 1. The van der Waals surface area contributed by atoms with E-state index in [4.69, 9.17) is 9.47 Å². The number of nitrogens with zero attached hydrogens (tertiary/aromatic N) is 1. The average molecular weight is 438 g/mol. The molecule has 5 heteroatoms. The van der Waals surface area contributed by atoms with Crippen molar-refractivity contribution in [2.75, 3.05) is 7.11 Å². The third-order valence-corrected chi connectivity index (χ3v) is 7.79. The lowest BCUT2D eigenvalue weighted by atomic mass is 9.64. The van der Waals surface area contributed by atoms with Gasteiger partial charge in [-0.05, 0) is 36.2 Å². The Hall–Kier alpha value is -2.56. The van der Waals surface area contributed by atoms with E-state index in [1.165, 1.54) is 12.7 Å². The zero-order valence-corrected chi connectivity index (χ0v) is 19.6. The molecule has 2 heterocycles. The summed E-state index contributed by atoms with van der Waals surface area (Å²) in [6.07, 6.45) is 10.8. The lowest BCUT2D eigenvalue weighted by Crippen LogP contribution is -2.45. The number of ether oxygens (including phenoxy) is 2. The predicted octanol–water partition coefficient (Wildman–Crippen LogP) is 5.26. The molecule has 3 aliphatic rings. The number of carbonyl (C=O) groups is 2. The average Bonchev–Trinajstić information content (AvgIpc) is 3.00. The van der Waals surface area contributed by atoms with E-state index >= 15 is 0 Å². The monoisotopic (exact) mass is 437 g/mol. The summed E-state index contributed by atoms with van der Waals surface area (Å²) >= 11 is 0. The van der Waals surface area contributed by atoms with E-state index in [-0.39, 0.29) is 41.4 Å². The van der Waals surface area contributed by atoms with Crippen molar-refractivity contribution >= 4 is 12.1 Å². The molecule has 1 amide bonds. The summed E-state index contributed by atoms with van der Waals surface area (Å²) in [5, 5.41) is 0. The van der Waals surface area contributed by atoms with Crippen molar-refractivity contribution in [1.29, 1.82) is 0 Å². The predicted molar refractivity (Wildman–Crippen MR) is 124 cm³/mol. The first-order valence-corrected chi connectivity index (χ1v) is 11.8. The number of hydrogen-bond acceptors (Lipinski definition) is 4. The van der Waals surface area contributed by atoms with E-state index in [0.29, 0.717) is 12.3 Å². The zero-order valence-electron chi connectivity index (χ0n) is 19.6. The largest absolute Gasteiger partial charge is 0.462 e. The van der Waals surface area contributed by atoms with Crippen molar-refractivity contribution in [3.63, 3.8) is 0 Å². The molecule has 1 aromatic carbocycles. The lowest BCUT2D eigenvalue weighted by molar-refractivity contribution is -0.161. The Kier molecular flexibility index (Phi) is 6.45. The Bertz CT molecular complexity index is 890. The van der Waals surface area contributed by atoms with Crippen LogP contribution in [-0.2, 0) is 19.7 Å². The summed E-state index contributed by atoms with van der Waals surface area (Å²) in [5.74, 6) is 0.203. The van der Waals surface area contributed by atoms with Crippen LogP contribution in [0.3, 0.4) is 0 Å². The van der Waals surface area contributed by atoms with Gasteiger partial charge in [0.15, 0.2) is 0 Å². The molecule has 5 nitrogen and oxygen atoms in total. The smallest absolute Gasteiger partial charge is 0.410 e. The molecule has 2 aliphatic heterocycles. The lowest BCUT2D eigenvalue weighted by Gasteiger charge is -2.44. The normalized spacial score (nSPS) is 31.8. The van der Waals surface area contributed by atoms with Crippen LogP contribution in [0.5, 0.6) is 0 Å². The second kappa shape index (κ2) is 9.13. The highest BCUT2D eigenvalue weighted by Crippen LogP contribution is 2.44. The van der Waals surface area contributed by atoms with Crippen LogP contribution in [0.4, 0.5) is 4.79 Å². The van der Waals surface area contributed by atoms with Gasteiger partial charge in [-0.2, -0.15) is 0 Å². The Morgan fingerprint density at radius 1 is 1.03 bits per heavy atom. The highest BCUT2D eigenvalue weighted by Gasteiger charge is 2.49. The molecule has 32 heavy (non-hydrogen) atoms. The molecule has 0 unspecified atom stereocenters. The SMILES string of the molecule is COC(=O)N1[C@@H]2C=CC=C[C@H]1[C@@H](C(=O)O[C@@H]1C[C@H](C)CC[C@H]1C(C)(C)c1ccccc1)C2. The number of methoxy groups -OCH3 is 1. The fourth-order valence-corrected chi connectivity index (χ4v) is 5.90. The molecule has 172 valence electrons. The van der Waals surface area contributed by atoms with Gasteiger partial charge in [0.2, 0.25) is 0 Å². The second-order valence-electron chi connectivity index (χ2n) is 10.1. The molecule has 2 fully saturated rings. The molecule has 0 spiro atoms. The van der Waals surface area contributed by atoms with Crippen LogP contribution in [0, 0.1) is 17.8 Å². The molecular formula is C27H35NO4. The molecule has 1 saturated heterocycles. The van der Waals surface area contributed by atoms with Gasteiger partial charge in [-0.25, -0.2) is 4.79 Å². The van der Waals surface area contributed by atoms with Crippen LogP contribution in [0.1, 0.15) is 52.0 Å². The molecule has 0 N–H and O–H groups in total. The highest BCUT2D eigenvalue weighted by atomic mass is 16.6. The van der Waals surface area contributed by atoms with Crippen LogP contribution in [0.2, 0.25) is 0 Å². The van der Waals surface area contributed by atoms with E-state index in [1.807, 2.05) is 30.4 Å². The maximum atomic E-state index is 13.5. The van der Waals surface area contributed by atoms with Crippen LogP contribution in [-0.4, -0.2) is 42.3 Å². The Balaban J connectivity index is 1.55. The molecule has 1 saturated carbocycles. The molecule has 4 rings (SSSR count). The van der Waals surface area contributed by atoms with Gasteiger partial charge in [0.05, 0.1) is 25.1 Å². The van der Waals surface area contributed by atoms with Crippen molar-refractivity contribution in [2.45, 2.75) is 70.1 Å². The van der Waals surface area contributed by atoms with Gasteiger partial charge in [0.1, 0.15) is 6.10 Å². The van der Waals surface area contributed by atoms with Crippen molar-refractivity contribution in [3.8, 4) is 0 Å². The second-order valence-corrected chi connectivity index (χ2v) is 10.1. The standard InChI is InChI=1S/C27H35NO4/c1-18-14-15-22(27(2,3)19-10-6-5-7-11-19)24(16-18)32-25(29)21-17-20-12-8-9-13-23(21)28(20)26(30)31-4/h5-13,18,20-24H,14-17H2,1-4H3/t18-,20-,21+,22-,23+,24-/m1/s1. The summed E-state index contributed by atoms with van der Waals surface area (Å²) in [6.45, 7) is 6.78. The number of carbonyl (C=O) groups excluding carboxylic acids is 2. The molecule has 6 atom stereocenters. The van der Waals surface area contributed by atoms with Crippen molar-refractivity contribution in [2.24, 2.45) is 17.8 Å². The van der Waals surface area contributed by atoms with Crippen molar-refractivity contribution < 1.29 is 19.1 Å². The quantitative estimate of drug-likeness (QED) is 0.603. The van der Waals surface area contributed by atoms with Crippen LogP contribution < -0.4 is 0 Å². The highest BCUT2D eigenvalue weighted by molar-refractivity contribution is 5.78. The van der Waals surface area contributed by atoms with Crippen LogP contribution in [0.25, 0.3) is 0 Å². The van der Waals surface area contributed by atoms with Gasteiger partial charge in [-0.1, -0.05) is 81.8 Å². The summed E-state index contributed by atoms with van der Waals surface area (Å²) < 4.78 is 11.3. The van der Waals surface area contributed by atoms with Gasteiger partial charge in [-0.15, -0.1) is 0 Å². The minimum atomic E-state index is -0.402. The van der Waals surface area contributed by atoms with Gasteiger partial charge in [-0.3, -0.25) is 9.69 Å². The van der Waals surface area contributed by atoms with E-state index in [1.54, 1.807) is 4.90 Å².